The fourth-order valence-electron chi connectivity index (χ4n) is 3.56. The number of esters is 1. The van der Waals surface area contributed by atoms with Gasteiger partial charge in [0.15, 0.2) is 6.61 Å². The molecule has 0 aromatic heterocycles. The van der Waals surface area contributed by atoms with E-state index in [0.29, 0.717) is 18.8 Å². The minimum atomic E-state index is -3.88. The van der Waals surface area contributed by atoms with Crippen molar-refractivity contribution in [2.75, 3.05) is 32.1 Å². The lowest BCUT2D eigenvalue weighted by Crippen LogP contribution is -2.32. The van der Waals surface area contributed by atoms with E-state index < -0.39 is 34.4 Å². The first kappa shape index (κ1) is 25.2. The van der Waals surface area contributed by atoms with E-state index in [0.717, 1.165) is 25.7 Å². The summed E-state index contributed by atoms with van der Waals surface area (Å²) in [6.45, 7) is 0.220. The number of nitrogens with zero attached hydrogens (tertiary/aromatic N) is 1. The summed E-state index contributed by atoms with van der Waals surface area (Å²) in [4.78, 5) is 35.6. The zero-order valence-corrected chi connectivity index (χ0v) is 19.6. The topological polar surface area (TPSA) is 145 Å². The summed E-state index contributed by atoms with van der Waals surface area (Å²) in [7, 11) is -2.52. The van der Waals surface area contributed by atoms with Gasteiger partial charge in [-0.15, -0.1) is 0 Å². The third kappa shape index (κ3) is 6.12. The molecule has 3 N–H and O–H groups in total. The second-order valence-corrected chi connectivity index (χ2v) is 9.66. The van der Waals surface area contributed by atoms with Crippen molar-refractivity contribution in [1.82, 2.24) is 4.31 Å². The van der Waals surface area contributed by atoms with Crippen molar-refractivity contribution in [3.63, 3.8) is 0 Å². The Bertz CT molecular complexity index is 1160. The van der Waals surface area contributed by atoms with Gasteiger partial charge in [-0.25, -0.2) is 13.2 Å². The smallest absolute Gasteiger partial charge is 0.338 e. The van der Waals surface area contributed by atoms with Crippen LogP contribution in [0.4, 0.5) is 5.69 Å². The molecule has 1 saturated heterocycles. The van der Waals surface area contributed by atoms with Gasteiger partial charge < -0.3 is 20.5 Å². The number of carbonyl (C=O) groups is 3. The van der Waals surface area contributed by atoms with Crippen LogP contribution in [0.2, 0.25) is 0 Å². The van der Waals surface area contributed by atoms with Gasteiger partial charge in [0.2, 0.25) is 15.9 Å². The summed E-state index contributed by atoms with van der Waals surface area (Å²) in [5, 5.41) is 2.53. The van der Waals surface area contributed by atoms with Gasteiger partial charge >= 0.3 is 5.97 Å². The number of anilines is 1. The molecule has 2 aromatic rings. The number of hydrogen-bond acceptors (Lipinski definition) is 7. The molecule has 0 aliphatic carbocycles. The summed E-state index contributed by atoms with van der Waals surface area (Å²) in [5.41, 5.74) is 5.83. The Hall–Kier alpha value is -3.44. The molecule has 182 valence electrons. The van der Waals surface area contributed by atoms with E-state index in [9.17, 15) is 22.8 Å². The molecule has 3 rings (SSSR count). The van der Waals surface area contributed by atoms with Gasteiger partial charge in [-0.1, -0.05) is 12.8 Å². The number of sulfonamides is 1. The summed E-state index contributed by atoms with van der Waals surface area (Å²) in [5.74, 6) is -1.93. The lowest BCUT2D eigenvalue weighted by molar-refractivity contribution is -0.119. The van der Waals surface area contributed by atoms with Crippen molar-refractivity contribution in [2.45, 2.75) is 30.6 Å². The normalized spacial score (nSPS) is 14.6. The Morgan fingerprint density at radius 3 is 2.18 bits per heavy atom. The van der Waals surface area contributed by atoms with Crippen LogP contribution >= 0.6 is 0 Å². The highest BCUT2D eigenvalue weighted by Gasteiger charge is 2.29. The largest absolute Gasteiger partial charge is 0.495 e. The van der Waals surface area contributed by atoms with E-state index in [-0.39, 0.29) is 21.8 Å². The van der Waals surface area contributed by atoms with Gasteiger partial charge in [-0.3, -0.25) is 9.59 Å². The number of rotatable bonds is 8. The molecule has 11 heteroatoms. The molecule has 2 aromatic carbocycles. The third-order valence-corrected chi connectivity index (χ3v) is 7.29. The quantitative estimate of drug-likeness (QED) is 0.540. The average molecular weight is 490 g/mol. The van der Waals surface area contributed by atoms with Crippen molar-refractivity contribution in [3.8, 4) is 5.75 Å². The molecular formula is C23H27N3O7S. The van der Waals surface area contributed by atoms with Gasteiger partial charge in [0.1, 0.15) is 10.6 Å². The van der Waals surface area contributed by atoms with Crippen LogP contribution in [0.15, 0.2) is 47.4 Å². The van der Waals surface area contributed by atoms with Crippen LogP contribution in [0.5, 0.6) is 5.75 Å². The van der Waals surface area contributed by atoms with Crippen molar-refractivity contribution in [2.24, 2.45) is 5.73 Å². The molecule has 34 heavy (non-hydrogen) atoms. The highest BCUT2D eigenvalue weighted by molar-refractivity contribution is 7.89. The third-order valence-electron chi connectivity index (χ3n) is 5.37. The van der Waals surface area contributed by atoms with Crippen LogP contribution in [0.1, 0.15) is 46.4 Å². The van der Waals surface area contributed by atoms with Gasteiger partial charge in [-0.2, -0.15) is 4.31 Å². The van der Waals surface area contributed by atoms with Crippen LogP contribution in [0.25, 0.3) is 0 Å². The van der Waals surface area contributed by atoms with Gasteiger partial charge in [0.05, 0.1) is 12.7 Å². The predicted octanol–water partition coefficient (Wildman–Crippen LogP) is 2.15. The Labute approximate surface area is 198 Å². The Balaban J connectivity index is 1.68. The van der Waals surface area contributed by atoms with E-state index >= 15 is 0 Å². The molecule has 0 bridgehead atoms. The first-order chi connectivity index (χ1) is 16.2. The number of benzene rings is 2. The number of nitrogens with one attached hydrogen (secondary N) is 1. The van der Waals surface area contributed by atoms with Gasteiger partial charge in [0, 0.05) is 24.3 Å². The molecule has 0 saturated carbocycles. The highest BCUT2D eigenvalue weighted by atomic mass is 32.2. The predicted molar refractivity (Wildman–Crippen MR) is 124 cm³/mol. The summed E-state index contributed by atoms with van der Waals surface area (Å²) >= 11 is 0. The molecule has 0 unspecified atom stereocenters. The maximum atomic E-state index is 13.2. The number of amides is 2. The fourth-order valence-corrected chi connectivity index (χ4v) is 5.25. The summed E-state index contributed by atoms with van der Waals surface area (Å²) < 4.78 is 38.1. The van der Waals surface area contributed by atoms with E-state index in [1.54, 1.807) is 0 Å². The molecule has 1 aliphatic heterocycles. The van der Waals surface area contributed by atoms with Gasteiger partial charge in [0.25, 0.3) is 5.91 Å². The summed E-state index contributed by atoms with van der Waals surface area (Å²) in [6, 6.07) is 9.86. The standard InChI is InChI=1S/C23H27N3O7S/c1-32-19-11-8-17(14-20(19)34(30,31)26-12-4-2-3-5-13-26)23(29)33-15-21(27)25-18-9-6-16(7-10-18)22(24)28/h6-11,14H,2-5,12-13,15H2,1H3,(H2,24,28)(H,25,27). The number of carbonyl (C=O) groups excluding carboxylic acids is 3. The molecule has 2 amide bonds. The fraction of sp³-hybridized carbons (Fsp3) is 0.348. The average Bonchev–Trinajstić information content (AvgIpc) is 3.13. The monoisotopic (exact) mass is 489 g/mol. The Morgan fingerprint density at radius 1 is 0.971 bits per heavy atom. The molecule has 1 aliphatic rings. The van der Waals surface area contributed by atoms with E-state index in [2.05, 4.69) is 5.32 Å². The minimum Gasteiger partial charge on any atom is -0.495 e. The highest BCUT2D eigenvalue weighted by Crippen LogP contribution is 2.29. The second kappa shape index (κ2) is 11.1. The molecule has 0 radical (unpaired) electrons. The van der Waals surface area contributed by atoms with Crippen LogP contribution in [0, 0.1) is 0 Å². The van der Waals surface area contributed by atoms with E-state index in [1.807, 2.05) is 0 Å². The van der Waals surface area contributed by atoms with Crippen molar-refractivity contribution >= 4 is 33.5 Å². The van der Waals surface area contributed by atoms with Crippen molar-refractivity contribution in [3.05, 3.63) is 53.6 Å². The molecule has 1 fully saturated rings. The van der Waals surface area contributed by atoms with E-state index in [4.69, 9.17) is 15.2 Å². The summed E-state index contributed by atoms with van der Waals surface area (Å²) in [6.07, 6.45) is 3.47. The number of ether oxygens (including phenoxy) is 2. The van der Waals surface area contributed by atoms with Gasteiger partial charge in [-0.05, 0) is 55.3 Å². The molecular weight excluding hydrogens is 462 g/mol. The Morgan fingerprint density at radius 2 is 1.59 bits per heavy atom. The van der Waals surface area contributed by atoms with Crippen LogP contribution in [-0.2, 0) is 19.6 Å². The SMILES string of the molecule is COc1ccc(C(=O)OCC(=O)Nc2ccc(C(N)=O)cc2)cc1S(=O)(=O)N1CCCCCC1. The molecule has 0 spiro atoms. The number of nitrogens with two attached hydrogens (primary N) is 1. The maximum Gasteiger partial charge on any atom is 0.338 e. The Kier molecular flexibility index (Phi) is 8.24. The van der Waals surface area contributed by atoms with Crippen LogP contribution in [0.3, 0.4) is 0 Å². The second-order valence-electron chi connectivity index (χ2n) is 7.75. The van der Waals surface area contributed by atoms with Crippen LogP contribution < -0.4 is 15.8 Å². The van der Waals surface area contributed by atoms with Crippen molar-refractivity contribution < 1.29 is 32.3 Å². The first-order valence-corrected chi connectivity index (χ1v) is 12.2. The molecule has 0 atom stereocenters. The lowest BCUT2D eigenvalue weighted by Gasteiger charge is -2.21. The molecule has 10 nitrogen and oxygen atoms in total. The number of hydrogen-bond donors (Lipinski definition) is 2. The lowest BCUT2D eigenvalue weighted by atomic mass is 10.2. The maximum absolute atomic E-state index is 13.2. The zero-order valence-electron chi connectivity index (χ0n) is 18.8. The molecule has 1 heterocycles. The number of primary amides is 1. The number of methoxy groups -OCH3 is 1. The van der Waals surface area contributed by atoms with E-state index in [1.165, 1.54) is 53.9 Å². The minimum absolute atomic E-state index is 0.0205. The van der Waals surface area contributed by atoms with Crippen molar-refractivity contribution in [1.29, 1.82) is 0 Å². The first-order valence-electron chi connectivity index (χ1n) is 10.8. The zero-order chi connectivity index (χ0) is 24.7. The van der Waals surface area contributed by atoms with Crippen LogP contribution in [-0.4, -0.2) is 57.3 Å².